The minimum Gasteiger partial charge on any atom is -0.135 e. The molecule has 11 rings (SSSR count). The van der Waals surface area contributed by atoms with Gasteiger partial charge >= 0.3 is 0 Å². The Bertz CT molecular complexity index is 2970. The fraction of sp³-hybridized carbons (Fsp3) is 0.0638. The van der Waals surface area contributed by atoms with Gasteiger partial charge in [0.25, 0.3) is 0 Å². The summed E-state index contributed by atoms with van der Waals surface area (Å²) in [4.78, 5) is 0. The van der Waals surface area contributed by atoms with Gasteiger partial charge in [-0.2, -0.15) is 0 Å². The molecule has 0 atom stereocenters. The van der Waals surface area contributed by atoms with E-state index < -0.39 is 0 Å². The van der Waals surface area contributed by atoms with Crippen molar-refractivity contribution in [3.05, 3.63) is 157 Å². The lowest BCUT2D eigenvalue weighted by molar-refractivity contribution is 0.660. The molecule has 1 aliphatic carbocycles. The average molecular weight is 659 g/mol. The first-order valence-corrected chi connectivity index (χ1v) is 18.7. The SMILES string of the molecule is CC1(C)c2ccccc2-c2c(-c3c4ccccc4c(-c4ccc5c(c4)sc4c5ccc5sc6ccccc6c54)c4ccccc34)cccc21. The lowest BCUT2D eigenvalue weighted by Crippen LogP contribution is -2.14. The molecule has 0 unspecified atom stereocenters. The fourth-order valence-electron chi connectivity index (χ4n) is 8.89. The van der Waals surface area contributed by atoms with Crippen LogP contribution in [-0.4, -0.2) is 0 Å². The third kappa shape index (κ3) is 3.68. The zero-order valence-electron chi connectivity index (χ0n) is 27.2. The van der Waals surface area contributed by atoms with Gasteiger partial charge in [-0.3, -0.25) is 0 Å². The second kappa shape index (κ2) is 9.89. The summed E-state index contributed by atoms with van der Waals surface area (Å²) in [5.74, 6) is 0. The first-order valence-electron chi connectivity index (χ1n) is 17.0. The summed E-state index contributed by atoms with van der Waals surface area (Å²) in [6.45, 7) is 4.74. The van der Waals surface area contributed by atoms with Crippen LogP contribution in [0.1, 0.15) is 25.0 Å². The Balaban J connectivity index is 1.21. The molecule has 2 heterocycles. The van der Waals surface area contributed by atoms with Crippen molar-refractivity contribution in [2.75, 3.05) is 0 Å². The van der Waals surface area contributed by atoms with Gasteiger partial charge in [-0.15, -0.1) is 22.7 Å². The van der Waals surface area contributed by atoms with E-state index in [0.29, 0.717) is 0 Å². The Labute approximate surface area is 292 Å². The molecule has 0 bridgehead atoms. The minimum absolute atomic E-state index is 0.0476. The number of fused-ring (bicyclic) bond motifs is 12. The summed E-state index contributed by atoms with van der Waals surface area (Å²) < 4.78 is 5.46. The molecule has 1 aliphatic rings. The molecule has 2 aromatic heterocycles. The first-order chi connectivity index (χ1) is 24.1. The van der Waals surface area contributed by atoms with Gasteiger partial charge in [-0.05, 0) is 84.3 Å². The topological polar surface area (TPSA) is 0 Å². The largest absolute Gasteiger partial charge is 0.135 e. The number of hydrogen-bond acceptors (Lipinski definition) is 2. The Kier molecular flexibility index (Phi) is 5.58. The summed E-state index contributed by atoms with van der Waals surface area (Å²) in [6, 6.07) is 54.8. The van der Waals surface area contributed by atoms with Crippen molar-refractivity contribution in [2.45, 2.75) is 19.3 Å². The highest BCUT2D eigenvalue weighted by atomic mass is 32.1. The molecular weight excluding hydrogens is 629 g/mol. The molecule has 49 heavy (non-hydrogen) atoms. The van der Waals surface area contributed by atoms with E-state index in [0.717, 1.165) is 0 Å². The standard InChI is InChI=1S/C47H30S2/c1-47(2)37-19-9-7-16-34(37)44-36(18-11-20-38(44)47)43-31-14-5-3-12-29(31)42(30-13-4-6-15-32(30)43)27-22-23-28-33-24-25-40-45(46(33)49-41(28)26-27)35-17-8-10-21-39(35)48-40/h3-26H,1-2H3. The maximum Gasteiger partial charge on any atom is 0.0448 e. The highest BCUT2D eigenvalue weighted by Gasteiger charge is 2.37. The second-order valence-corrected chi connectivity index (χ2v) is 16.1. The maximum atomic E-state index is 2.45. The summed E-state index contributed by atoms with van der Waals surface area (Å²) in [5, 5.41) is 10.7. The number of benzene rings is 8. The fourth-order valence-corrected chi connectivity index (χ4v) is 11.4. The van der Waals surface area contributed by atoms with E-state index in [-0.39, 0.29) is 5.41 Å². The highest BCUT2D eigenvalue weighted by molar-refractivity contribution is 7.29. The molecule has 230 valence electrons. The van der Waals surface area contributed by atoms with E-state index in [1.807, 2.05) is 22.7 Å². The van der Waals surface area contributed by atoms with Gasteiger partial charge in [0, 0.05) is 45.8 Å². The van der Waals surface area contributed by atoms with Crippen LogP contribution >= 0.6 is 22.7 Å². The Morgan fingerprint density at radius 3 is 1.78 bits per heavy atom. The van der Waals surface area contributed by atoms with E-state index in [1.54, 1.807) is 0 Å². The van der Waals surface area contributed by atoms with Crippen molar-refractivity contribution in [2.24, 2.45) is 0 Å². The van der Waals surface area contributed by atoms with E-state index in [4.69, 9.17) is 0 Å². The number of hydrogen-bond donors (Lipinski definition) is 0. The Morgan fingerprint density at radius 2 is 1.00 bits per heavy atom. The van der Waals surface area contributed by atoms with Gasteiger partial charge in [0.1, 0.15) is 0 Å². The highest BCUT2D eigenvalue weighted by Crippen LogP contribution is 2.55. The van der Waals surface area contributed by atoms with E-state index in [2.05, 4.69) is 159 Å². The predicted molar refractivity (Wildman–Crippen MR) is 216 cm³/mol. The summed E-state index contributed by atoms with van der Waals surface area (Å²) in [6.07, 6.45) is 0. The predicted octanol–water partition coefficient (Wildman–Crippen LogP) is 14.4. The van der Waals surface area contributed by atoms with Crippen LogP contribution in [0.3, 0.4) is 0 Å². The van der Waals surface area contributed by atoms with E-state index >= 15 is 0 Å². The van der Waals surface area contributed by atoms with Crippen LogP contribution in [0.25, 0.3) is 95.3 Å². The van der Waals surface area contributed by atoms with Crippen molar-refractivity contribution in [1.82, 2.24) is 0 Å². The summed E-state index contributed by atoms with van der Waals surface area (Å²) in [7, 11) is 0. The summed E-state index contributed by atoms with van der Waals surface area (Å²) in [5.41, 5.74) is 10.7. The van der Waals surface area contributed by atoms with Crippen LogP contribution < -0.4 is 0 Å². The molecule has 0 nitrogen and oxygen atoms in total. The first kappa shape index (κ1) is 27.6. The third-order valence-electron chi connectivity index (χ3n) is 11.1. The molecular formula is C47H30S2. The van der Waals surface area contributed by atoms with Gasteiger partial charge in [-0.1, -0.05) is 141 Å². The zero-order valence-corrected chi connectivity index (χ0v) is 28.8. The van der Waals surface area contributed by atoms with Crippen molar-refractivity contribution in [3.63, 3.8) is 0 Å². The molecule has 10 aromatic rings. The van der Waals surface area contributed by atoms with Crippen LogP contribution in [0.4, 0.5) is 0 Å². The van der Waals surface area contributed by atoms with E-state index in [1.165, 1.54) is 106 Å². The molecule has 2 heteroatoms. The third-order valence-corrected chi connectivity index (χ3v) is 13.4. The zero-order chi connectivity index (χ0) is 32.4. The van der Waals surface area contributed by atoms with Crippen LogP contribution in [-0.2, 0) is 5.41 Å². The van der Waals surface area contributed by atoms with Crippen LogP contribution in [0.2, 0.25) is 0 Å². The number of rotatable bonds is 2. The second-order valence-electron chi connectivity index (χ2n) is 14.0. The quantitative estimate of drug-likeness (QED) is 0.162. The van der Waals surface area contributed by atoms with Crippen molar-refractivity contribution in [3.8, 4) is 33.4 Å². The molecule has 0 saturated heterocycles. The summed E-state index contributed by atoms with van der Waals surface area (Å²) >= 11 is 3.84. The average Bonchev–Trinajstić information content (AvgIpc) is 3.78. The maximum absolute atomic E-state index is 2.45. The Morgan fingerprint density at radius 1 is 0.388 bits per heavy atom. The molecule has 0 radical (unpaired) electrons. The molecule has 0 aliphatic heterocycles. The minimum atomic E-state index is -0.0476. The van der Waals surface area contributed by atoms with Gasteiger partial charge in [-0.25, -0.2) is 0 Å². The molecule has 8 aromatic carbocycles. The molecule has 0 N–H and O–H groups in total. The molecule has 0 fully saturated rings. The van der Waals surface area contributed by atoms with Crippen LogP contribution in [0, 0.1) is 0 Å². The van der Waals surface area contributed by atoms with Gasteiger partial charge in [0.15, 0.2) is 0 Å². The van der Waals surface area contributed by atoms with E-state index in [9.17, 15) is 0 Å². The molecule has 0 saturated carbocycles. The van der Waals surface area contributed by atoms with Crippen molar-refractivity contribution >= 4 is 84.6 Å². The smallest absolute Gasteiger partial charge is 0.0448 e. The van der Waals surface area contributed by atoms with Gasteiger partial charge in [0.2, 0.25) is 0 Å². The van der Waals surface area contributed by atoms with Crippen molar-refractivity contribution < 1.29 is 0 Å². The van der Waals surface area contributed by atoms with Gasteiger partial charge in [0.05, 0.1) is 0 Å². The number of thiophene rings is 2. The Hall–Kier alpha value is -5.28. The lowest BCUT2D eigenvalue weighted by Gasteiger charge is -2.22. The van der Waals surface area contributed by atoms with Gasteiger partial charge < -0.3 is 0 Å². The van der Waals surface area contributed by atoms with Crippen LogP contribution in [0.5, 0.6) is 0 Å². The monoisotopic (exact) mass is 658 g/mol. The van der Waals surface area contributed by atoms with Crippen molar-refractivity contribution in [1.29, 1.82) is 0 Å². The molecule has 0 spiro atoms. The normalized spacial score (nSPS) is 13.7. The van der Waals surface area contributed by atoms with Crippen LogP contribution in [0.15, 0.2) is 146 Å². The lowest BCUT2D eigenvalue weighted by atomic mass is 9.80. The molecule has 0 amide bonds.